The van der Waals surface area contributed by atoms with Gasteiger partial charge in [0.1, 0.15) is 4.93 Å². The lowest BCUT2D eigenvalue weighted by atomic mass is 10.2. The third-order valence-electron chi connectivity index (χ3n) is 2.77. The molecule has 1 aromatic carbocycles. The smallest absolute Gasteiger partial charge is 0.228 e. The molecule has 6 heteroatoms. The maximum Gasteiger partial charge on any atom is 0.228 e. The van der Waals surface area contributed by atoms with Crippen molar-refractivity contribution in [1.29, 1.82) is 0 Å². The number of nitrogens with one attached hydrogen (secondary N) is 1. The quantitative estimate of drug-likeness (QED) is 0.924. The molecule has 0 spiro atoms. The Bertz CT molecular complexity index is 477. The molecule has 98 valence electrons. The molecule has 1 saturated heterocycles. The van der Waals surface area contributed by atoms with E-state index in [0.717, 1.165) is 10.2 Å². The average molecular weight is 332 g/mol. The van der Waals surface area contributed by atoms with E-state index in [1.807, 2.05) is 12.1 Å². The Morgan fingerprint density at radius 3 is 2.72 bits per heavy atom. The Hall–Kier alpha value is -0.720. The van der Waals surface area contributed by atoms with E-state index < -0.39 is 15.7 Å². The maximum absolute atomic E-state index is 11.9. The second-order valence-corrected chi connectivity index (χ2v) is 7.14. The largest absolute Gasteiger partial charge is 0.361 e. The van der Waals surface area contributed by atoms with Crippen molar-refractivity contribution < 1.29 is 13.7 Å². The molecule has 1 aromatic rings. The number of hydrogen-bond donors (Lipinski definition) is 1. The van der Waals surface area contributed by atoms with Gasteiger partial charge in [-0.1, -0.05) is 15.9 Å². The van der Waals surface area contributed by atoms with Crippen molar-refractivity contribution in [3.8, 4) is 0 Å². The van der Waals surface area contributed by atoms with Crippen LogP contribution in [-0.2, 0) is 20.3 Å². The first-order chi connectivity index (χ1) is 8.49. The summed E-state index contributed by atoms with van der Waals surface area (Å²) in [4.78, 5) is 11.0. The fourth-order valence-electron chi connectivity index (χ4n) is 1.78. The summed E-state index contributed by atoms with van der Waals surface area (Å²) >= 11 is 3.33. The van der Waals surface area contributed by atoms with Crippen LogP contribution in [0, 0.1) is 0 Å². The van der Waals surface area contributed by atoms with Crippen LogP contribution in [0.3, 0.4) is 0 Å². The van der Waals surface area contributed by atoms with E-state index in [2.05, 4.69) is 21.2 Å². The van der Waals surface area contributed by atoms with Crippen molar-refractivity contribution in [1.82, 2.24) is 0 Å². The lowest BCUT2D eigenvalue weighted by molar-refractivity contribution is -0.119. The summed E-state index contributed by atoms with van der Waals surface area (Å²) in [5.41, 5.74) is 0.718. The van der Waals surface area contributed by atoms with Crippen LogP contribution in [0.1, 0.15) is 13.3 Å². The predicted octanol–water partition coefficient (Wildman–Crippen LogP) is 2.27. The highest BCUT2D eigenvalue weighted by Crippen LogP contribution is 2.26. The van der Waals surface area contributed by atoms with Crippen molar-refractivity contribution in [3.05, 3.63) is 28.7 Å². The van der Waals surface area contributed by atoms with Gasteiger partial charge in [0.15, 0.2) is 0 Å². The summed E-state index contributed by atoms with van der Waals surface area (Å²) in [7, 11) is -1.10. The van der Waals surface area contributed by atoms with E-state index in [9.17, 15) is 9.00 Å². The van der Waals surface area contributed by atoms with Crippen LogP contribution in [-0.4, -0.2) is 27.4 Å². The van der Waals surface area contributed by atoms with Crippen LogP contribution in [0.4, 0.5) is 5.69 Å². The molecule has 0 radical (unpaired) electrons. The maximum atomic E-state index is 11.9. The first-order valence-electron chi connectivity index (χ1n) is 5.57. The molecule has 1 N–H and O–H groups in total. The number of hydrogen-bond acceptors (Lipinski definition) is 3. The second kappa shape index (κ2) is 5.50. The minimum atomic E-state index is -1.10. The molecule has 2 unspecified atom stereocenters. The third-order valence-corrected chi connectivity index (χ3v) is 5.06. The molecule has 2 rings (SSSR count). The van der Waals surface area contributed by atoms with Gasteiger partial charge in [0.05, 0.1) is 23.8 Å². The molecule has 1 fully saturated rings. The summed E-state index contributed by atoms with van der Waals surface area (Å²) in [5, 5.41) is 2.77. The first kappa shape index (κ1) is 13.7. The number of benzene rings is 1. The Labute approximate surface area is 117 Å². The normalized spacial score (nSPS) is 27.1. The van der Waals surface area contributed by atoms with Crippen LogP contribution < -0.4 is 5.32 Å². The summed E-state index contributed by atoms with van der Waals surface area (Å²) in [6.45, 7) is 2.17. The highest BCUT2D eigenvalue weighted by Gasteiger charge is 2.39. The summed E-state index contributed by atoms with van der Waals surface area (Å²) in [6.07, 6.45) is 0.107. The zero-order chi connectivity index (χ0) is 13.2. The lowest BCUT2D eigenvalue weighted by Gasteiger charge is -2.20. The molecule has 4 nitrogen and oxygen atoms in total. The Morgan fingerprint density at radius 2 is 2.17 bits per heavy atom. The van der Waals surface area contributed by atoms with E-state index in [4.69, 9.17) is 4.74 Å². The molecule has 1 amide bonds. The van der Waals surface area contributed by atoms with E-state index in [1.54, 1.807) is 19.1 Å². The monoisotopic (exact) mass is 331 g/mol. The predicted molar refractivity (Wildman–Crippen MR) is 74.8 cm³/mol. The molecular formula is C12H14BrNO3S. The minimum Gasteiger partial charge on any atom is -0.361 e. The van der Waals surface area contributed by atoms with Gasteiger partial charge in [0.25, 0.3) is 0 Å². The van der Waals surface area contributed by atoms with E-state index in [1.165, 1.54) is 0 Å². The van der Waals surface area contributed by atoms with Gasteiger partial charge in [-0.05, 0) is 31.2 Å². The number of ether oxygens (including phenoxy) is 1. The summed E-state index contributed by atoms with van der Waals surface area (Å²) in [6, 6.07) is 7.30. The third kappa shape index (κ3) is 3.18. The van der Waals surface area contributed by atoms with Gasteiger partial charge in [0, 0.05) is 15.9 Å². The van der Waals surface area contributed by atoms with Crippen molar-refractivity contribution in [3.63, 3.8) is 0 Å². The van der Waals surface area contributed by atoms with Crippen molar-refractivity contribution in [2.24, 2.45) is 0 Å². The van der Waals surface area contributed by atoms with Crippen LogP contribution >= 0.6 is 15.9 Å². The number of anilines is 1. The van der Waals surface area contributed by atoms with Crippen molar-refractivity contribution >= 4 is 38.3 Å². The van der Waals surface area contributed by atoms with Gasteiger partial charge in [-0.15, -0.1) is 0 Å². The van der Waals surface area contributed by atoms with Gasteiger partial charge in [-0.25, -0.2) is 0 Å². The molecule has 18 heavy (non-hydrogen) atoms. The fourth-order valence-corrected chi connectivity index (χ4v) is 3.21. The molecule has 1 heterocycles. The van der Waals surface area contributed by atoms with Crippen LogP contribution in [0.5, 0.6) is 0 Å². The zero-order valence-electron chi connectivity index (χ0n) is 9.94. The zero-order valence-corrected chi connectivity index (χ0v) is 12.3. The van der Waals surface area contributed by atoms with Gasteiger partial charge in [-0.2, -0.15) is 0 Å². The summed E-state index contributed by atoms with van der Waals surface area (Å²) < 4.78 is 18.1. The van der Waals surface area contributed by atoms with Gasteiger partial charge >= 0.3 is 0 Å². The average Bonchev–Trinajstić information content (AvgIpc) is 2.62. The SMILES string of the molecule is CC1(CC(=O)Nc2ccc(Br)cc2)OCCS1=O. The second-order valence-electron chi connectivity index (χ2n) is 4.26. The number of halogens is 1. The molecule has 0 aliphatic carbocycles. The van der Waals surface area contributed by atoms with Crippen LogP contribution in [0.25, 0.3) is 0 Å². The molecule has 1 aliphatic heterocycles. The highest BCUT2D eigenvalue weighted by molar-refractivity contribution is 9.10. The molecule has 0 aromatic heterocycles. The molecule has 1 aliphatic rings. The highest BCUT2D eigenvalue weighted by atomic mass is 79.9. The van der Waals surface area contributed by atoms with E-state index in [0.29, 0.717) is 12.4 Å². The van der Waals surface area contributed by atoms with E-state index in [-0.39, 0.29) is 12.3 Å². The Morgan fingerprint density at radius 1 is 1.50 bits per heavy atom. The number of amides is 1. The number of carbonyl (C=O) groups excluding carboxylic acids is 1. The molecule has 0 bridgehead atoms. The number of rotatable bonds is 3. The van der Waals surface area contributed by atoms with E-state index >= 15 is 0 Å². The van der Waals surface area contributed by atoms with Crippen molar-refractivity contribution in [2.75, 3.05) is 17.7 Å². The van der Waals surface area contributed by atoms with Gasteiger partial charge in [0.2, 0.25) is 5.91 Å². The topological polar surface area (TPSA) is 55.4 Å². The fraction of sp³-hybridized carbons (Fsp3) is 0.417. The van der Waals surface area contributed by atoms with Crippen LogP contribution in [0.2, 0.25) is 0 Å². The van der Waals surface area contributed by atoms with Gasteiger partial charge in [-0.3, -0.25) is 9.00 Å². The molecule has 0 saturated carbocycles. The molecule has 2 atom stereocenters. The lowest BCUT2D eigenvalue weighted by Crippen LogP contribution is -2.33. The molecular weight excluding hydrogens is 318 g/mol. The first-order valence-corrected chi connectivity index (χ1v) is 7.69. The Balaban J connectivity index is 1.96. The number of carbonyl (C=O) groups is 1. The van der Waals surface area contributed by atoms with Crippen LogP contribution in [0.15, 0.2) is 28.7 Å². The van der Waals surface area contributed by atoms with Gasteiger partial charge < -0.3 is 10.1 Å². The Kier molecular flexibility index (Phi) is 4.19. The van der Waals surface area contributed by atoms with Crippen molar-refractivity contribution in [2.45, 2.75) is 18.3 Å². The standard InChI is InChI=1S/C12H14BrNO3S/c1-12(17-6-7-18(12)16)8-11(15)14-10-4-2-9(13)3-5-10/h2-5H,6-8H2,1H3,(H,14,15). The summed E-state index contributed by atoms with van der Waals surface area (Å²) in [5.74, 6) is 0.317. The minimum absolute atomic E-state index is 0.107.